The van der Waals surface area contributed by atoms with Gasteiger partial charge in [0, 0.05) is 48.0 Å². The van der Waals surface area contributed by atoms with Gasteiger partial charge in [0.25, 0.3) is 0 Å². The average molecular weight is 345 g/mol. The smallest absolute Gasteiger partial charge is 0.191 e. The number of nitrogens with one attached hydrogen (secondary N) is 2. The molecule has 1 rings (SSSR count). The Morgan fingerprint density at radius 2 is 2.04 bits per heavy atom. The molecule has 0 spiro atoms. The number of rotatable bonds is 7. The summed E-state index contributed by atoms with van der Waals surface area (Å²) in [6, 6.07) is 0.382. The van der Waals surface area contributed by atoms with Crippen molar-refractivity contribution < 1.29 is 4.21 Å². The number of hydrogen-bond acceptors (Lipinski definition) is 3. The van der Waals surface area contributed by atoms with Crippen molar-refractivity contribution in [3.63, 3.8) is 0 Å². The maximum absolute atomic E-state index is 12.1. The predicted molar refractivity (Wildman–Crippen MR) is 102 cm³/mol. The van der Waals surface area contributed by atoms with Crippen LogP contribution in [0.2, 0.25) is 0 Å². The summed E-state index contributed by atoms with van der Waals surface area (Å²) in [4.78, 5) is 6.57. The van der Waals surface area contributed by atoms with E-state index in [1.165, 1.54) is 0 Å². The van der Waals surface area contributed by atoms with E-state index in [4.69, 9.17) is 0 Å². The van der Waals surface area contributed by atoms with Crippen molar-refractivity contribution in [2.75, 3.05) is 40.0 Å². The van der Waals surface area contributed by atoms with Crippen LogP contribution >= 0.6 is 0 Å². The summed E-state index contributed by atoms with van der Waals surface area (Å²) >= 11 is 0. The third-order valence-electron chi connectivity index (χ3n) is 4.33. The zero-order valence-electron chi connectivity index (χ0n) is 15.8. The minimum absolute atomic E-state index is 0.180. The Labute approximate surface area is 145 Å². The van der Waals surface area contributed by atoms with Crippen LogP contribution in [-0.2, 0) is 10.8 Å². The molecule has 3 atom stereocenters. The normalized spacial score (nSPS) is 24.6. The molecule has 0 aromatic carbocycles. The van der Waals surface area contributed by atoms with Crippen LogP contribution in [0.3, 0.4) is 0 Å². The van der Waals surface area contributed by atoms with Gasteiger partial charge < -0.3 is 15.5 Å². The highest BCUT2D eigenvalue weighted by Gasteiger charge is 2.26. The topological polar surface area (TPSA) is 56.7 Å². The molecule has 1 aliphatic carbocycles. The number of hydrogen-bond donors (Lipinski definition) is 2. The van der Waals surface area contributed by atoms with Crippen LogP contribution in [0.25, 0.3) is 0 Å². The summed E-state index contributed by atoms with van der Waals surface area (Å²) in [6.45, 7) is 8.43. The summed E-state index contributed by atoms with van der Waals surface area (Å²) in [5, 5.41) is 7.33. The van der Waals surface area contributed by atoms with Gasteiger partial charge in [-0.05, 0) is 38.8 Å². The van der Waals surface area contributed by atoms with Gasteiger partial charge in [0.05, 0.1) is 0 Å². The number of guanidine groups is 1. The predicted octanol–water partition coefficient (Wildman–Crippen LogP) is 1.82. The highest BCUT2D eigenvalue weighted by molar-refractivity contribution is 7.85. The fourth-order valence-corrected chi connectivity index (χ4v) is 4.72. The van der Waals surface area contributed by atoms with Crippen LogP contribution in [0, 0.1) is 5.41 Å². The first-order valence-corrected chi connectivity index (χ1v) is 10.1. The van der Waals surface area contributed by atoms with Gasteiger partial charge in [-0.2, -0.15) is 0 Å². The minimum Gasteiger partial charge on any atom is -0.356 e. The Morgan fingerprint density at radius 3 is 2.61 bits per heavy atom. The molecule has 0 aromatic rings. The first-order chi connectivity index (χ1) is 10.8. The largest absolute Gasteiger partial charge is 0.356 e. The van der Waals surface area contributed by atoms with E-state index >= 15 is 0 Å². The van der Waals surface area contributed by atoms with Gasteiger partial charge in [-0.3, -0.25) is 9.20 Å². The fraction of sp³-hybridized carbons (Fsp3) is 0.941. The molecule has 5 nitrogen and oxygen atoms in total. The van der Waals surface area contributed by atoms with Gasteiger partial charge in [-0.15, -0.1) is 0 Å². The van der Waals surface area contributed by atoms with Gasteiger partial charge in [-0.25, -0.2) is 0 Å². The van der Waals surface area contributed by atoms with Crippen molar-refractivity contribution in [2.24, 2.45) is 10.4 Å². The molecular weight excluding hydrogens is 308 g/mol. The fourth-order valence-electron chi connectivity index (χ4n) is 3.37. The van der Waals surface area contributed by atoms with E-state index < -0.39 is 10.8 Å². The SMILES string of the molecule is CCS(=O)C1CCCC(NC(=NC)NCC(C)(C)CN(C)C)C1. The van der Waals surface area contributed by atoms with Gasteiger partial charge in [0.2, 0.25) is 0 Å². The molecule has 3 unspecified atom stereocenters. The molecule has 1 aliphatic rings. The number of aliphatic imine (C=N–C) groups is 1. The maximum Gasteiger partial charge on any atom is 0.191 e. The molecule has 0 aliphatic heterocycles. The Balaban J connectivity index is 2.48. The second-order valence-corrected chi connectivity index (χ2v) is 9.63. The summed E-state index contributed by atoms with van der Waals surface area (Å²) in [6.07, 6.45) is 4.37. The van der Waals surface area contributed by atoms with Gasteiger partial charge in [0.1, 0.15) is 0 Å². The lowest BCUT2D eigenvalue weighted by Crippen LogP contribution is -2.49. The van der Waals surface area contributed by atoms with Crippen molar-refractivity contribution in [1.82, 2.24) is 15.5 Å². The second-order valence-electron chi connectivity index (χ2n) is 7.63. The number of nitrogens with zero attached hydrogens (tertiary/aromatic N) is 2. The molecule has 0 heterocycles. The third-order valence-corrected chi connectivity index (χ3v) is 6.07. The molecule has 6 heteroatoms. The monoisotopic (exact) mass is 344 g/mol. The van der Waals surface area contributed by atoms with Crippen molar-refractivity contribution in [2.45, 2.75) is 57.7 Å². The van der Waals surface area contributed by atoms with Gasteiger partial charge in [0.15, 0.2) is 5.96 Å². The lowest BCUT2D eigenvalue weighted by atomic mass is 9.93. The Bertz CT molecular complexity index is 409. The molecule has 0 amide bonds. The van der Waals surface area contributed by atoms with Crippen LogP contribution in [0.15, 0.2) is 4.99 Å². The first kappa shape index (κ1) is 20.4. The van der Waals surface area contributed by atoms with E-state index in [0.29, 0.717) is 11.3 Å². The molecule has 0 saturated heterocycles. The minimum atomic E-state index is -0.681. The summed E-state index contributed by atoms with van der Waals surface area (Å²) in [5.41, 5.74) is 0.180. The van der Waals surface area contributed by atoms with E-state index in [0.717, 1.165) is 50.5 Å². The lowest BCUT2D eigenvalue weighted by Gasteiger charge is -2.32. The average Bonchev–Trinajstić information content (AvgIpc) is 2.49. The highest BCUT2D eigenvalue weighted by atomic mass is 32.2. The van der Waals surface area contributed by atoms with Gasteiger partial charge >= 0.3 is 0 Å². The second kappa shape index (κ2) is 9.62. The standard InChI is InChI=1S/C17H36N4OS/c1-7-23(22)15-10-8-9-14(11-15)20-16(18-4)19-12-17(2,3)13-21(5)6/h14-15H,7-13H2,1-6H3,(H2,18,19,20). The third kappa shape index (κ3) is 7.66. The van der Waals surface area contributed by atoms with E-state index in [-0.39, 0.29) is 5.41 Å². The van der Waals surface area contributed by atoms with Crippen molar-refractivity contribution in [3.05, 3.63) is 0 Å². The first-order valence-electron chi connectivity index (χ1n) is 8.76. The van der Waals surface area contributed by atoms with Crippen LogP contribution < -0.4 is 10.6 Å². The molecule has 2 N–H and O–H groups in total. The molecule has 1 saturated carbocycles. The highest BCUT2D eigenvalue weighted by Crippen LogP contribution is 2.23. The van der Waals surface area contributed by atoms with E-state index in [1.54, 1.807) is 0 Å². The molecular formula is C17H36N4OS. The van der Waals surface area contributed by atoms with E-state index in [1.807, 2.05) is 14.0 Å². The van der Waals surface area contributed by atoms with E-state index in [2.05, 4.69) is 48.5 Å². The molecule has 0 bridgehead atoms. The van der Waals surface area contributed by atoms with Crippen LogP contribution in [0.5, 0.6) is 0 Å². The zero-order chi connectivity index (χ0) is 17.5. The van der Waals surface area contributed by atoms with E-state index in [9.17, 15) is 4.21 Å². The van der Waals surface area contributed by atoms with Crippen molar-refractivity contribution in [3.8, 4) is 0 Å². The Morgan fingerprint density at radius 1 is 1.35 bits per heavy atom. The molecule has 136 valence electrons. The van der Waals surface area contributed by atoms with Crippen LogP contribution in [-0.4, -0.2) is 66.3 Å². The summed E-state index contributed by atoms with van der Waals surface area (Å²) in [7, 11) is 5.34. The van der Waals surface area contributed by atoms with Crippen molar-refractivity contribution >= 4 is 16.8 Å². The quantitative estimate of drug-likeness (QED) is 0.546. The molecule has 0 radical (unpaired) electrons. The molecule has 23 heavy (non-hydrogen) atoms. The van der Waals surface area contributed by atoms with Crippen LogP contribution in [0.1, 0.15) is 46.5 Å². The summed E-state index contributed by atoms with van der Waals surface area (Å²) in [5.74, 6) is 1.63. The van der Waals surface area contributed by atoms with Crippen molar-refractivity contribution in [1.29, 1.82) is 0 Å². The van der Waals surface area contributed by atoms with Gasteiger partial charge in [-0.1, -0.05) is 27.2 Å². The maximum atomic E-state index is 12.1. The lowest BCUT2D eigenvalue weighted by molar-refractivity contribution is 0.240. The summed E-state index contributed by atoms with van der Waals surface area (Å²) < 4.78 is 12.1. The molecule has 1 fully saturated rings. The molecule has 0 aromatic heterocycles. The Hall–Kier alpha value is -0.620. The van der Waals surface area contributed by atoms with Crippen LogP contribution in [0.4, 0.5) is 0 Å². The Kier molecular flexibility index (Phi) is 8.54. The zero-order valence-corrected chi connectivity index (χ0v) is 16.6.